The van der Waals surface area contributed by atoms with Gasteiger partial charge in [0.25, 0.3) is 0 Å². The largest absolute Gasteiger partial charge is 0.330 e. The number of alkyl halides is 1. The Morgan fingerprint density at radius 1 is 1.45 bits per heavy atom. The molecule has 0 aromatic heterocycles. The maximum atomic E-state index is 5.29. The third-order valence-corrected chi connectivity index (χ3v) is 1.31. The van der Waals surface area contributed by atoms with Gasteiger partial charge in [-0.1, -0.05) is 22.9 Å². The third-order valence-electron chi connectivity index (χ3n) is 0.983. The summed E-state index contributed by atoms with van der Waals surface area (Å²) in [5.74, 6) is 0. The number of hydrogen-bond donors (Lipinski definition) is 2. The summed E-state index contributed by atoms with van der Waals surface area (Å²) in [6, 6.07) is 0. The van der Waals surface area contributed by atoms with E-state index in [0.717, 1.165) is 26.1 Å². The Morgan fingerprint density at radius 2 is 2.00 bits per heavy atom. The van der Waals surface area contributed by atoms with Crippen LogP contribution in [0.1, 0.15) is 13.3 Å². The molecule has 0 amide bonds. The van der Waals surface area contributed by atoms with Crippen molar-refractivity contribution in [2.45, 2.75) is 18.2 Å². The lowest BCUT2D eigenvalue weighted by molar-refractivity contribution is 0.654. The van der Waals surface area contributed by atoms with Gasteiger partial charge in [-0.3, -0.25) is 0 Å². The second kappa shape index (κ2) is 13.9. The first-order valence-corrected chi connectivity index (χ1v) is 4.23. The number of halogens is 3. The van der Waals surface area contributed by atoms with E-state index in [1.807, 2.05) is 0 Å². The molecule has 2 nitrogen and oxygen atoms in total. The lowest BCUT2D eigenvalue weighted by atomic mass is 10.4. The quantitative estimate of drug-likeness (QED) is 0.583. The molecule has 5 heteroatoms. The fourth-order valence-corrected chi connectivity index (χ4v) is 0.757. The zero-order valence-corrected chi connectivity index (χ0v) is 11.7. The van der Waals surface area contributed by atoms with E-state index < -0.39 is 0 Å². The fraction of sp³-hybridized carbons (Fsp3) is 1.00. The highest BCUT2D eigenvalue weighted by Crippen LogP contribution is 1.92. The molecular weight excluding hydrogens is 340 g/mol. The molecule has 0 aromatic rings. The predicted molar refractivity (Wildman–Crippen MR) is 65.6 cm³/mol. The first-order valence-electron chi connectivity index (χ1n) is 3.32. The van der Waals surface area contributed by atoms with Gasteiger partial charge in [0.1, 0.15) is 0 Å². The molecule has 0 heterocycles. The summed E-state index contributed by atoms with van der Waals surface area (Å²) in [5, 5.41) is 3.26. The van der Waals surface area contributed by atoms with Gasteiger partial charge in [0, 0.05) is 11.4 Å². The molecule has 0 aliphatic rings. The molecule has 1 atom stereocenters. The van der Waals surface area contributed by atoms with Crippen molar-refractivity contribution in [2.24, 2.45) is 5.73 Å². The van der Waals surface area contributed by atoms with Crippen LogP contribution in [0.3, 0.4) is 0 Å². The van der Waals surface area contributed by atoms with Gasteiger partial charge < -0.3 is 11.1 Å². The van der Waals surface area contributed by atoms with Crippen molar-refractivity contribution in [1.29, 1.82) is 0 Å². The standard InChI is InChI=1S/C6H15BrN2.2BrH/c1-6(7)5-9-4-2-3-8;;/h6,9H,2-5,8H2,1H3;2*1H. The Hall–Kier alpha value is 1.36. The first kappa shape index (κ1) is 18.2. The van der Waals surface area contributed by atoms with Crippen LogP contribution in [-0.4, -0.2) is 24.5 Å². The second-order valence-electron chi connectivity index (χ2n) is 2.13. The van der Waals surface area contributed by atoms with Gasteiger partial charge in [-0.2, -0.15) is 0 Å². The van der Waals surface area contributed by atoms with Gasteiger partial charge in [-0.15, -0.1) is 34.0 Å². The zero-order valence-electron chi connectivity index (χ0n) is 6.68. The van der Waals surface area contributed by atoms with Gasteiger partial charge in [0.15, 0.2) is 0 Å². The van der Waals surface area contributed by atoms with E-state index in [0.29, 0.717) is 4.83 Å². The van der Waals surface area contributed by atoms with Gasteiger partial charge in [0.2, 0.25) is 0 Å². The van der Waals surface area contributed by atoms with Crippen LogP contribution in [0.5, 0.6) is 0 Å². The van der Waals surface area contributed by atoms with E-state index >= 15 is 0 Å². The molecule has 0 aliphatic heterocycles. The van der Waals surface area contributed by atoms with E-state index in [-0.39, 0.29) is 34.0 Å². The fourth-order valence-electron chi connectivity index (χ4n) is 0.528. The van der Waals surface area contributed by atoms with Crippen molar-refractivity contribution >= 4 is 49.9 Å². The summed E-state index contributed by atoms with van der Waals surface area (Å²) in [6.07, 6.45) is 1.07. The molecule has 1 unspecified atom stereocenters. The first-order chi connectivity index (χ1) is 4.27. The van der Waals surface area contributed by atoms with E-state index in [2.05, 4.69) is 28.2 Å². The van der Waals surface area contributed by atoms with Crippen molar-refractivity contribution in [2.75, 3.05) is 19.6 Å². The van der Waals surface area contributed by atoms with E-state index in [9.17, 15) is 0 Å². The summed E-state index contributed by atoms with van der Waals surface area (Å²) in [4.78, 5) is 0.565. The normalized spacial score (nSPS) is 11.2. The minimum Gasteiger partial charge on any atom is -0.330 e. The monoisotopic (exact) mass is 354 g/mol. The van der Waals surface area contributed by atoms with Crippen LogP contribution in [0.2, 0.25) is 0 Å². The number of rotatable bonds is 5. The number of nitrogens with two attached hydrogens (primary N) is 1. The lowest BCUT2D eigenvalue weighted by Crippen LogP contribution is -2.23. The minimum atomic E-state index is 0. The van der Waals surface area contributed by atoms with Crippen LogP contribution in [0.25, 0.3) is 0 Å². The van der Waals surface area contributed by atoms with Crippen LogP contribution < -0.4 is 11.1 Å². The third kappa shape index (κ3) is 18.4. The van der Waals surface area contributed by atoms with Crippen LogP contribution in [-0.2, 0) is 0 Å². The van der Waals surface area contributed by atoms with E-state index in [1.165, 1.54) is 0 Å². The maximum absolute atomic E-state index is 5.29. The Kier molecular flexibility index (Phi) is 23.0. The summed E-state index contributed by atoms with van der Waals surface area (Å²) in [5.41, 5.74) is 5.29. The zero-order chi connectivity index (χ0) is 7.11. The van der Waals surface area contributed by atoms with Crippen LogP contribution in [0, 0.1) is 0 Å². The molecule has 0 aromatic carbocycles. The Morgan fingerprint density at radius 3 is 2.36 bits per heavy atom. The molecule has 0 spiro atoms. The number of hydrogen-bond acceptors (Lipinski definition) is 2. The van der Waals surface area contributed by atoms with Crippen molar-refractivity contribution in [1.82, 2.24) is 5.32 Å². The molecular formula is C6H17Br3N2. The van der Waals surface area contributed by atoms with Crippen molar-refractivity contribution in [3.8, 4) is 0 Å². The summed E-state index contributed by atoms with van der Waals surface area (Å²) < 4.78 is 0. The van der Waals surface area contributed by atoms with Crippen LogP contribution in [0.15, 0.2) is 0 Å². The Bertz CT molecular complexity index is 61.8. The summed E-state index contributed by atoms with van der Waals surface area (Å²) >= 11 is 3.43. The van der Waals surface area contributed by atoms with Gasteiger partial charge in [-0.05, 0) is 19.5 Å². The van der Waals surface area contributed by atoms with E-state index in [1.54, 1.807) is 0 Å². The molecule has 0 saturated heterocycles. The highest BCUT2D eigenvalue weighted by molar-refractivity contribution is 9.09. The highest BCUT2D eigenvalue weighted by atomic mass is 79.9. The summed E-state index contributed by atoms with van der Waals surface area (Å²) in [7, 11) is 0. The lowest BCUT2D eigenvalue weighted by Gasteiger charge is -2.03. The predicted octanol–water partition coefficient (Wildman–Crippen LogP) is 1.86. The van der Waals surface area contributed by atoms with Crippen molar-refractivity contribution in [3.63, 3.8) is 0 Å². The van der Waals surface area contributed by atoms with E-state index in [4.69, 9.17) is 5.73 Å². The van der Waals surface area contributed by atoms with Crippen molar-refractivity contribution in [3.05, 3.63) is 0 Å². The van der Waals surface area contributed by atoms with Crippen LogP contribution >= 0.6 is 49.9 Å². The molecule has 0 aliphatic carbocycles. The topological polar surface area (TPSA) is 38.0 Å². The molecule has 0 radical (unpaired) electrons. The molecule has 72 valence electrons. The van der Waals surface area contributed by atoms with Crippen molar-refractivity contribution < 1.29 is 0 Å². The van der Waals surface area contributed by atoms with Gasteiger partial charge in [-0.25, -0.2) is 0 Å². The molecule has 0 bridgehead atoms. The molecule has 0 rings (SSSR count). The number of nitrogens with one attached hydrogen (secondary N) is 1. The Balaban J connectivity index is -0.000000320. The van der Waals surface area contributed by atoms with Gasteiger partial charge in [0.05, 0.1) is 0 Å². The van der Waals surface area contributed by atoms with Crippen LogP contribution in [0.4, 0.5) is 0 Å². The molecule has 0 saturated carbocycles. The molecule has 0 fully saturated rings. The van der Waals surface area contributed by atoms with Gasteiger partial charge >= 0.3 is 0 Å². The minimum absolute atomic E-state index is 0. The Labute approximate surface area is 98.3 Å². The highest BCUT2D eigenvalue weighted by Gasteiger charge is 1.91. The SMILES string of the molecule is Br.Br.CC(Br)CNCCCN. The molecule has 3 N–H and O–H groups in total. The second-order valence-corrected chi connectivity index (χ2v) is 3.69. The average molecular weight is 357 g/mol. The smallest absolute Gasteiger partial charge is 0.0242 e. The molecule has 11 heavy (non-hydrogen) atoms. The average Bonchev–Trinajstić information content (AvgIpc) is 1.80. The maximum Gasteiger partial charge on any atom is 0.0242 e. The summed E-state index contributed by atoms with van der Waals surface area (Å²) in [6.45, 7) is 4.96.